The van der Waals surface area contributed by atoms with E-state index in [-0.39, 0.29) is 18.0 Å². The highest BCUT2D eigenvalue weighted by Gasteiger charge is 2.37. The molecule has 2 aliphatic heterocycles. The molecular weight excluding hydrogens is 338 g/mol. The van der Waals surface area contributed by atoms with E-state index in [1.807, 2.05) is 49.2 Å². The van der Waals surface area contributed by atoms with Crippen LogP contribution in [0.2, 0.25) is 0 Å². The third-order valence-corrected chi connectivity index (χ3v) is 5.62. The number of benzene rings is 2. The second-order valence-corrected chi connectivity index (χ2v) is 7.49. The van der Waals surface area contributed by atoms with Crippen molar-refractivity contribution in [2.45, 2.75) is 38.9 Å². The molecule has 140 valence electrons. The highest BCUT2D eigenvalue weighted by molar-refractivity contribution is 6.04. The second-order valence-electron chi connectivity index (χ2n) is 7.49. The van der Waals surface area contributed by atoms with Gasteiger partial charge in [0, 0.05) is 25.7 Å². The molecule has 5 heteroatoms. The predicted octanol–water partition coefficient (Wildman–Crippen LogP) is 3.33. The molecule has 1 N–H and O–H groups in total. The molecule has 5 nitrogen and oxygen atoms in total. The topological polar surface area (TPSA) is 52.7 Å². The van der Waals surface area contributed by atoms with Gasteiger partial charge in [-0.2, -0.15) is 0 Å². The number of nitrogens with zero attached hydrogens (tertiary/aromatic N) is 2. The number of aryl methyl sites for hydroxylation is 1. The van der Waals surface area contributed by atoms with Gasteiger partial charge in [-0.05, 0) is 49.9 Å². The van der Waals surface area contributed by atoms with Gasteiger partial charge >= 0.3 is 0 Å². The third kappa shape index (κ3) is 3.29. The van der Waals surface area contributed by atoms with Gasteiger partial charge in [0.1, 0.15) is 6.17 Å². The van der Waals surface area contributed by atoms with Crippen LogP contribution in [-0.2, 0) is 6.54 Å². The third-order valence-electron chi connectivity index (χ3n) is 5.62. The average Bonchev–Trinajstić information content (AvgIpc) is 2.71. The van der Waals surface area contributed by atoms with Crippen LogP contribution in [0.15, 0.2) is 42.5 Å². The van der Waals surface area contributed by atoms with Gasteiger partial charge in [-0.3, -0.25) is 9.59 Å². The number of carbonyl (C=O) groups excluding carboxylic acids is 2. The molecule has 4 rings (SSSR count). The molecule has 0 spiro atoms. The first kappa shape index (κ1) is 17.6. The Balaban J connectivity index is 1.53. The van der Waals surface area contributed by atoms with Crippen molar-refractivity contribution in [1.82, 2.24) is 10.2 Å². The fourth-order valence-electron chi connectivity index (χ4n) is 4.00. The standard InChI is InChI=1S/C22H25N3O2/c1-15-6-8-16(9-7-15)14-23-21(26)17-10-11-18-19(13-17)24(2)20-5-3-4-12-25(20)22(18)27/h6-11,13,20H,3-5,12,14H2,1-2H3,(H,23,26). The minimum Gasteiger partial charge on any atom is -0.354 e. The quantitative estimate of drug-likeness (QED) is 0.910. The van der Waals surface area contributed by atoms with Crippen LogP contribution in [0.4, 0.5) is 5.69 Å². The summed E-state index contributed by atoms with van der Waals surface area (Å²) in [6, 6.07) is 13.5. The van der Waals surface area contributed by atoms with Crippen LogP contribution in [-0.4, -0.2) is 36.5 Å². The number of rotatable bonds is 3. The van der Waals surface area contributed by atoms with Gasteiger partial charge < -0.3 is 15.1 Å². The van der Waals surface area contributed by atoms with Crippen LogP contribution in [0.3, 0.4) is 0 Å². The van der Waals surface area contributed by atoms with Crippen molar-refractivity contribution in [3.8, 4) is 0 Å². The van der Waals surface area contributed by atoms with Gasteiger partial charge in [0.05, 0.1) is 11.3 Å². The summed E-state index contributed by atoms with van der Waals surface area (Å²) >= 11 is 0. The molecule has 2 aliphatic rings. The van der Waals surface area contributed by atoms with E-state index in [9.17, 15) is 9.59 Å². The molecule has 1 fully saturated rings. The van der Waals surface area contributed by atoms with Gasteiger partial charge in [-0.1, -0.05) is 29.8 Å². The van der Waals surface area contributed by atoms with Crippen molar-refractivity contribution in [3.63, 3.8) is 0 Å². The smallest absolute Gasteiger partial charge is 0.257 e. The van der Waals surface area contributed by atoms with E-state index in [1.54, 1.807) is 12.1 Å². The number of anilines is 1. The Morgan fingerprint density at radius 1 is 1.15 bits per heavy atom. The normalized spacial score (nSPS) is 18.7. The van der Waals surface area contributed by atoms with Crippen molar-refractivity contribution >= 4 is 17.5 Å². The Morgan fingerprint density at radius 3 is 2.70 bits per heavy atom. The molecule has 1 saturated heterocycles. The first-order valence-corrected chi connectivity index (χ1v) is 9.56. The first-order valence-electron chi connectivity index (χ1n) is 9.56. The lowest BCUT2D eigenvalue weighted by Crippen LogP contribution is -2.55. The van der Waals surface area contributed by atoms with E-state index in [0.717, 1.165) is 37.1 Å². The van der Waals surface area contributed by atoms with Crippen LogP contribution in [0.5, 0.6) is 0 Å². The number of hydrogen-bond donors (Lipinski definition) is 1. The summed E-state index contributed by atoms with van der Waals surface area (Å²) in [4.78, 5) is 29.5. The van der Waals surface area contributed by atoms with Gasteiger partial charge in [0.15, 0.2) is 0 Å². The molecule has 1 atom stereocenters. The second kappa shape index (κ2) is 7.06. The molecule has 0 radical (unpaired) electrons. The maximum atomic E-state index is 12.8. The molecule has 0 saturated carbocycles. The Kier molecular flexibility index (Phi) is 4.60. The van der Waals surface area contributed by atoms with E-state index in [4.69, 9.17) is 0 Å². The Hall–Kier alpha value is -2.82. The fraction of sp³-hybridized carbons (Fsp3) is 0.364. The Morgan fingerprint density at radius 2 is 1.93 bits per heavy atom. The lowest BCUT2D eigenvalue weighted by atomic mass is 9.97. The summed E-state index contributed by atoms with van der Waals surface area (Å²) in [5.74, 6) is -0.0373. The average molecular weight is 363 g/mol. The van der Waals surface area contributed by atoms with Crippen LogP contribution in [0.25, 0.3) is 0 Å². The van der Waals surface area contributed by atoms with Gasteiger partial charge in [-0.15, -0.1) is 0 Å². The minimum atomic E-state index is -0.120. The predicted molar refractivity (Wildman–Crippen MR) is 106 cm³/mol. The van der Waals surface area contributed by atoms with Crippen molar-refractivity contribution in [3.05, 3.63) is 64.7 Å². The SMILES string of the molecule is Cc1ccc(CNC(=O)c2ccc3c(c2)N(C)C2CCCCN2C3=O)cc1. The van der Waals surface area contributed by atoms with Crippen LogP contribution < -0.4 is 10.2 Å². The molecule has 2 aromatic carbocycles. The molecule has 0 aromatic heterocycles. The summed E-state index contributed by atoms with van der Waals surface area (Å²) in [6.07, 6.45) is 3.27. The number of piperidine rings is 1. The molecule has 2 aromatic rings. The van der Waals surface area contributed by atoms with Crippen molar-refractivity contribution in [1.29, 1.82) is 0 Å². The van der Waals surface area contributed by atoms with Gasteiger partial charge in [-0.25, -0.2) is 0 Å². The van der Waals surface area contributed by atoms with Gasteiger partial charge in [0.2, 0.25) is 0 Å². The molecule has 2 amide bonds. The summed E-state index contributed by atoms with van der Waals surface area (Å²) in [5.41, 5.74) is 4.39. The van der Waals surface area contributed by atoms with Gasteiger partial charge in [0.25, 0.3) is 11.8 Å². The summed E-state index contributed by atoms with van der Waals surface area (Å²) in [6.45, 7) is 3.34. The fourth-order valence-corrected chi connectivity index (χ4v) is 4.00. The minimum absolute atomic E-state index is 0.0828. The highest BCUT2D eigenvalue weighted by atomic mass is 16.2. The van der Waals surface area contributed by atoms with Crippen molar-refractivity contribution in [2.24, 2.45) is 0 Å². The number of carbonyl (C=O) groups is 2. The van der Waals surface area contributed by atoms with E-state index >= 15 is 0 Å². The zero-order valence-electron chi connectivity index (χ0n) is 15.9. The van der Waals surface area contributed by atoms with Crippen LogP contribution >= 0.6 is 0 Å². The molecule has 27 heavy (non-hydrogen) atoms. The van der Waals surface area contributed by atoms with Crippen molar-refractivity contribution < 1.29 is 9.59 Å². The summed E-state index contributed by atoms with van der Waals surface area (Å²) in [5, 5.41) is 2.97. The zero-order valence-corrected chi connectivity index (χ0v) is 15.9. The molecule has 1 unspecified atom stereocenters. The van der Waals surface area contributed by atoms with Crippen molar-refractivity contribution in [2.75, 3.05) is 18.5 Å². The monoisotopic (exact) mass is 363 g/mol. The largest absolute Gasteiger partial charge is 0.354 e. The van der Waals surface area contributed by atoms with E-state index in [1.165, 1.54) is 5.56 Å². The maximum absolute atomic E-state index is 12.8. The summed E-state index contributed by atoms with van der Waals surface area (Å²) < 4.78 is 0. The van der Waals surface area contributed by atoms with Crippen LogP contribution in [0.1, 0.15) is 51.1 Å². The first-order chi connectivity index (χ1) is 13.0. The van der Waals surface area contributed by atoms with E-state index in [0.29, 0.717) is 17.7 Å². The van der Waals surface area contributed by atoms with E-state index in [2.05, 4.69) is 10.2 Å². The Labute approximate surface area is 160 Å². The number of fused-ring (bicyclic) bond motifs is 2. The molecule has 0 aliphatic carbocycles. The molecular formula is C22H25N3O2. The number of hydrogen-bond acceptors (Lipinski definition) is 3. The summed E-state index contributed by atoms with van der Waals surface area (Å²) in [7, 11) is 2.02. The zero-order chi connectivity index (χ0) is 19.0. The lowest BCUT2D eigenvalue weighted by Gasteiger charge is -2.46. The Bertz CT molecular complexity index is 876. The lowest BCUT2D eigenvalue weighted by molar-refractivity contribution is 0.0589. The maximum Gasteiger partial charge on any atom is 0.257 e. The van der Waals surface area contributed by atoms with Crippen LogP contribution in [0, 0.1) is 6.92 Å². The molecule has 0 bridgehead atoms. The molecule has 2 heterocycles. The number of amides is 2. The number of nitrogens with one attached hydrogen (secondary N) is 1. The van der Waals surface area contributed by atoms with E-state index < -0.39 is 0 Å². The highest BCUT2D eigenvalue weighted by Crippen LogP contribution is 2.34.